The third-order valence-electron chi connectivity index (χ3n) is 9.91. The molecular weight excluding hydrogens is 673 g/mol. The Morgan fingerprint density at radius 1 is 0.327 bits per heavy atom. The average molecular weight is 699 g/mol. The first-order valence-corrected chi connectivity index (χ1v) is 18.9. The van der Waals surface area contributed by atoms with E-state index in [0.29, 0.717) is 17.5 Å². The molecule has 52 heavy (non-hydrogen) atoms. The molecule has 0 radical (unpaired) electrons. The molecule has 0 unspecified atom stereocenters. The number of hydrogen-bond donors (Lipinski definition) is 0. The van der Waals surface area contributed by atoms with Crippen molar-refractivity contribution in [2.24, 2.45) is 0 Å². The third kappa shape index (κ3) is 4.58. The second-order valence-corrected chi connectivity index (χ2v) is 15.1. The summed E-state index contributed by atoms with van der Waals surface area (Å²) in [6.07, 6.45) is 0. The molecule has 4 aromatic heterocycles. The molecule has 4 nitrogen and oxygen atoms in total. The highest BCUT2D eigenvalue weighted by Gasteiger charge is 2.20. The Morgan fingerprint density at radius 2 is 0.923 bits per heavy atom. The highest BCUT2D eigenvalue weighted by atomic mass is 32.1. The SMILES string of the molecule is c1ccc(-c2nc(-c3ccc4nc(-c5ccccc5)c5ccc6sc7ccccc7c6c5c4c3)nc(-c3cccc4sc5ccccc5c34)n2)cc1. The smallest absolute Gasteiger partial charge is 0.164 e. The number of aromatic nitrogens is 4. The summed E-state index contributed by atoms with van der Waals surface area (Å²) in [7, 11) is 0. The van der Waals surface area contributed by atoms with E-state index < -0.39 is 0 Å². The van der Waals surface area contributed by atoms with Crippen LogP contribution in [0.2, 0.25) is 0 Å². The lowest BCUT2D eigenvalue weighted by molar-refractivity contribution is 1.08. The molecule has 0 aliphatic carbocycles. The Balaban J connectivity index is 1.21. The zero-order chi connectivity index (χ0) is 34.2. The predicted molar refractivity (Wildman–Crippen MR) is 220 cm³/mol. The van der Waals surface area contributed by atoms with Crippen LogP contribution in [0.15, 0.2) is 158 Å². The molecule has 11 rings (SSSR count). The molecule has 0 amide bonds. The number of hydrogen-bond acceptors (Lipinski definition) is 6. The van der Waals surface area contributed by atoms with Gasteiger partial charge in [0.2, 0.25) is 0 Å². The van der Waals surface area contributed by atoms with Gasteiger partial charge in [0.25, 0.3) is 0 Å². The highest BCUT2D eigenvalue weighted by Crippen LogP contribution is 2.44. The van der Waals surface area contributed by atoms with Crippen LogP contribution >= 0.6 is 22.7 Å². The second kappa shape index (κ2) is 11.6. The fourth-order valence-corrected chi connectivity index (χ4v) is 9.81. The first-order chi connectivity index (χ1) is 25.8. The fraction of sp³-hybridized carbons (Fsp3) is 0. The van der Waals surface area contributed by atoms with Gasteiger partial charge >= 0.3 is 0 Å². The largest absolute Gasteiger partial charge is 0.247 e. The van der Waals surface area contributed by atoms with Crippen molar-refractivity contribution in [1.82, 2.24) is 19.9 Å². The van der Waals surface area contributed by atoms with Crippen molar-refractivity contribution in [2.45, 2.75) is 0 Å². The van der Waals surface area contributed by atoms with Crippen LogP contribution in [0.5, 0.6) is 0 Å². The molecule has 0 atom stereocenters. The molecule has 0 saturated heterocycles. The molecular formula is C46H26N4S2. The van der Waals surface area contributed by atoms with Crippen molar-refractivity contribution in [3.63, 3.8) is 0 Å². The second-order valence-electron chi connectivity index (χ2n) is 13.0. The maximum absolute atomic E-state index is 5.32. The first kappa shape index (κ1) is 29.4. The van der Waals surface area contributed by atoms with Crippen LogP contribution < -0.4 is 0 Å². The van der Waals surface area contributed by atoms with E-state index in [4.69, 9.17) is 19.9 Å². The molecule has 7 aromatic carbocycles. The normalized spacial score (nSPS) is 11.8. The van der Waals surface area contributed by atoms with Gasteiger partial charge in [0.15, 0.2) is 17.5 Å². The quantitative estimate of drug-likeness (QED) is 0.172. The van der Waals surface area contributed by atoms with Crippen molar-refractivity contribution in [3.05, 3.63) is 158 Å². The molecule has 6 heteroatoms. The van der Waals surface area contributed by atoms with E-state index in [1.165, 1.54) is 45.7 Å². The van der Waals surface area contributed by atoms with Crippen molar-refractivity contribution in [1.29, 1.82) is 0 Å². The summed E-state index contributed by atoms with van der Waals surface area (Å²) in [4.78, 5) is 20.9. The van der Waals surface area contributed by atoms with Crippen molar-refractivity contribution < 1.29 is 0 Å². The summed E-state index contributed by atoms with van der Waals surface area (Å²) in [5.41, 5.74) is 5.89. The average Bonchev–Trinajstić information content (AvgIpc) is 3.79. The van der Waals surface area contributed by atoms with Crippen LogP contribution in [0.3, 0.4) is 0 Å². The lowest BCUT2D eigenvalue weighted by atomic mass is 9.95. The van der Waals surface area contributed by atoms with Crippen LogP contribution in [0.25, 0.3) is 107 Å². The zero-order valence-electron chi connectivity index (χ0n) is 27.6. The van der Waals surface area contributed by atoms with Crippen molar-refractivity contribution in [3.8, 4) is 45.4 Å². The lowest BCUT2D eigenvalue weighted by Gasteiger charge is -2.13. The summed E-state index contributed by atoms with van der Waals surface area (Å²) >= 11 is 3.63. The number of nitrogens with zero attached hydrogens (tertiary/aromatic N) is 4. The minimum atomic E-state index is 0.630. The van der Waals surface area contributed by atoms with Gasteiger partial charge in [0.05, 0.1) is 11.2 Å². The van der Waals surface area contributed by atoms with Gasteiger partial charge in [0, 0.05) is 78.8 Å². The monoisotopic (exact) mass is 698 g/mol. The summed E-state index contributed by atoms with van der Waals surface area (Å²) < 4.78 is 5.00. The summed E-state index contributed by atoms with van der Waals surface area (Å²) in [6, 6.07) is 55.4. The van der Waals surface area contributed by atoms with E-state index in [-0.39, 0.29) is 0 Å². The van der Waals surface area contributed by atoms with Crippen LogP contribution in [0.1, 0.15) is 0 Å². The van der Waals surface area contributed by atoms with Gasteiger partial charge in [-0.2, -0.15) is 0 Å². The van der Waals surface area contributed by atoms with E-state index in [0.717, 1.165) is 44.2 Å². The van der Waals surface area contributed by atoms with E-state index in [1.54, 1.807) is 11.3 Å². The topological polar surface area (TPSA) is 51.6 Å². The molecule has 0 saturated carbocycles. The highest BCUT2D eigenvalue weighted by molar-refractivity contribution is 7.26. The Hall–Kier alpha value is -6.34. The molecule has 0 bridgehead atoms. The predicted octanol–water partition coefficient (Wildman–Crippen LogP) is 13.0. The van der Waals surface area contributed by atoms with Gasteiger partial charge in [0.1, 0.15) is 0 Å². The van der Waals surface area contributed by atoms with Crippen molar-refractivity contribution in [2.75, 3.05) is 0 Å². The Bertz CT molecular complexity index is 3180. The summed E-state index contributed by atoms with van der Waals surface area (Å²) in [5, 5.41) is 8.32. The van der Waals surface area contributed by atoms with Crippen LogP contribution in [0, 0.1) is 0 Å². The number of benzene rings is 7. The van der Waals surface area contributed by atoms with Gasteiger partial charge in [-0.15, -0.1) is 22.7 Å². The first-order valence-electron chi connectivity index (χ1n) is 17.2. The summed E-state index contributed by atoms with van der Waals surface area (Å²) in [5.74, 6) is 1.93. The molecule has 4 heterocycles. The van der Waals surface area contributed by atoms with E-state index in [2.05, 4.69) is 140 Å². The van der Waals surface area contributed by atoms with Gasteiger partial charge in [-0.05, 0) is 42.5 Å². The van der Waals surface area contributed by atoms with E-state index >= 15 is 0 Å². The number of rotatable bonds is 4. The molecule has 11 aromatic rings. The number of fused-ring (bicyclic) bond motifs is 10. The molecule has 0 fully saturated rings. The molecule has 0 N–H and O–H groups in total. The molecule has 242 valence electrons. The maximum atomic E-state index is 5.32. The fourth-order valence-electron chi connectivity index (χ4n) is 7.57. The number of thiophene rings is 2. The zero-order valence-corrected chi connectivity index (χ0v) is 29.2. The van der Waals surface area contributed by atoms with E-state index in [1.807, 2.05) is 29.5 Å². The minimum Gasteiger partial charge on any atom is -0.247 e. The Labute approximate surface area is 306 Å². The molecule has 0 aliphatic heterocycles. The lowest BCUT2D eigenvalue weighted by Crippen LogP contribution is -2.00. The van der Waals surface area contributed by atoms with Crippen LogP contribution in [-0.2, 0) is 0 Å². The minimum absolute atomic E-state index is 0.630. The number of pyridine rings is 1. The van der Waals surface area contributed by atoms with Gasteiger partial charge < -0.3 is 0 Å². The Kier molecular flexibility index (Phi) is 6.56. The van der Waals surface area contributed by atoms with Crippen LogP contribution in [0.4, 0.5) is 0 Å². The molecule has 0 spiro atoms. The van der Waals surface area contributed by atoms with Crippen LogP contribution in [-0.4, -0.2) is 19.9 Å². The van der Waals surface area contributed by atoms with Gasteiger partial charge in [-0.1, -0.05) is 115 Å². The standard InChI is InChI=1S/C46H26N4S2/c1-3-12-27(13-4-1)43-32-23-25-39-42(31-17-8-10-20-37(31)52-39)41(32)34-26-29(22-24-35(34)47-43)45-48-44(28-14-5-2-6-15-28)49-46(50-45)33-18-11-21-38-40(33)30-16-7-9-19-36(30)51-38/h1-26H. The van der Waals surface area contributed by atoms with Gasteiger partial charge in [-0.3, -0.25) is 0 Å². The van der Waals surface area contributed by atoms with E-state index in [9.17, 15) is 0 Å². The third-order valence-corrected chi connectivity index (χ3v) is 12.2. The van der Waals surface area contributed by atoms with Crippen molar-refractivity contribution >= 4 is 84.7 Å². The Morgan fingerprint density at radius 3 is 1.67 bits per heavy atom. The molecule has 0 aliphatic rings. The maximum Gasteiger partial charge on any atom is 0.164 e. The summed E-state index contributed by atoms with van der Waals surface area (Å²) in [6.45, 7) is 0. The van der Waals surface area contributed by atoms with Gasteiger partial charge in [-0.25, -0.2) is 19.9 Å².